The number of hydrogen-bond acceptors (Lipinski definition) is 4. The van der Waals surface area contributed by atoms with Gasteiger partial charge in [-0.3, -0.25) is 5.10 Å². The number of aromatic nitrogens is 3. The van der Waals surface area contributed by atoms with Gasteiger partial charge in [0.25, 0.3) is 0 Å². The molecule has 3 rings (SSSR count). The number of nitrogens with one attached hydrogen (secondary N) is 1. The van der Waals surface area contributed by atoms with E-state index in [-0.39, 0.29) is 5.41 Å². The van der Waals surface area contributed by atoms with Gasteiger partial charge in [-0.15, -0.1) is 5.10 Å². The first-order chi connectivity index (χ1) is 9.11. The summed E-state index contributed by atoms with van der Waals surface area (Å²) in [5, 5.41) is 7.56. The van der Waals surface area contributed by atoms with Gasteiger partial charge in [-0.1, -0.05) is 13.8 Å². The molecule has 2 aliphatic rings. The van der Waals surface area contributed by atoms with Gasteiger partial charge in [-0.2, -0.15) is 4.98 Å². The third-order valence-corrected chi connectivity index (χ3v) is 4.81. The van der Waals surface area contributed by atoms with Crippen molar-refractivity contribution in [1.29, 1.82) is 0 Å². The van der Waals surface area contributed by atoms with Gasteiger partial charge in [0, 0.05) is 19.0 Å². The molecule has 5 heteroatoms. The fourth-order valence-electron chi connectivity index (χ4n) is 3.08. The van der Waals surface area contributed by atoms with Crippen LogP contribution in [0.15, 0.2) is 0 Å². The van der Waals surface area contributed by atoms with Crippen LogP contribution in [0.25, 0.3) is 0 Å². The van der Waals surface area contributed by atoms with E-state index in [4.69, 9.17) is 10.7 Å². The maximum atomic E-state index is 5.90. The molecule has 0 aromatic carbocycles. The third-order valence-electron chi connectivity index (χ3n) is 4.81. The SMILES string of the molecule is CC(c1nc(N2CCCC(C)(CN)C2)n[nH]1)C1CC1. The number of H-pyrrole nitrogens is 1. The summed E-state index contributed by atoms with van der Waals surface area (Å²) in [6.45, 7) is 7.27. The van der Waals surface area contributed by atoms with Gasteiger partial charge in [0.2, 0.25) is 5.95 Å². The van der Waals surface area contributed by atoms with Crippen molar-refractivity contribution >= 4 is 5.95 Å². The van der Waals surface area contributed by atoms with Gasteiger partial charge in [0.05, 0.1) is 0 Å². The van der Waals surface area contributed by atoms with Crippen LogP contribution >= 0.6 is 0 Å². The van der Waals surface area contributed by atoms with Crippen molar-refractivity contribution in [1.82, 2.24) is 15.2 Å². The lowest BCUT2D eigenvalue weighted by atomic mass is 9.82. The minimum absolute atomic E-state index is 0.209. The standard InChI is InChI=1S/C14H25N5/c1-10(11-4-5-11)12-16-13(18-17-12)19-7-3-6-14(2,8-15)9-19/h10-11H,3-9,15H2,1-2H3,(H,16,17,18). The average Bonchev–Trinajstić information content (AvgIpc) is 3.15. The van der Waals surface area contributed by atoms with Crippen molar-refractivity contribution in [3.8, 4) is 0 Å². The Labute approximate surface area is 115 Å². The molecule has 106 valence electrons. The van der Waals surface area contributed by atoms with Crippen LogP contribution in [0.3, 0.4) is 0 Å². The molecule has 1 aromatic heterocycles. The lowest BCUT2D eigenvalue weighted by Crippen LogP contribution is -2.46. The summed E-state index contributed by atoms with van der Waals surface area (Å²) >= 11 is 0. The van der Waals surface area contributed by atoms with Crippen LogP contribution < -0.4 is 10.6 Å². The maximum absolute atomic E-state index is 5.90. The highest BCUT2D eigenvalue weighted by Crippen LogP contribution is 2.41. The summed E-state index contributed by atoms with van der Waals surface area (Å²) < 4.78 is 0. The highest BCUT2D eigenvalue weighted by Gasteiger charge is 2.33. The van der Waals surface area contributed by atoms with Crippen molar-refractivity contribution in [2.75, 3.05) is 24.5 Å². The summed E-state index contributed by atoms with van der Waals surface area (Å²) in [6.07, 6.45) is 5.06. The molecule has 1 aliphatic carbocycles. The van der Waals surface area contributed by atoms with Gasteiger partial charge >= 0.3 is 0 Å². The molecule has 0 radical (unpaired) electrons. The largest absolute Gasteiger partial charge is 0.339 e. The summed E-state index contributed by atoms with van der Waals surface area (Å²) in [5.41, 5.74) is 6.11. The molecule has 1 saturated carbocycles. The highest BCUT2D eigenvalue weighted by atomic mass is 15.4. The number of anilines is 1. The molecule has 3 N–H and O–H groups in total. The number of nitrogens with zero attached hydrogens (tertiary/aromatic N) is 3. The van der Waals surface area contributed by atoms with Gasteiger partial charge in [-0.05, 0) is 43.6 Å². The Hall–Kier alpha value is -1.10. The second-order valence-electron chi connectivity index (χ2n) is 6.69. The number of piperidine rings is 1. The summed E-state index contributed by atoms with van der Waals surface area (Å²) in [7, 11) is 0. The van der Waals surface area contributed by atoms with E-state index in [1.165, 1.54) is 25.7 Å². The number of aromatic amines is 1. The molecule has 19 heavy (non-hydrogen) atoms. The van der Waals surface area contributed by atoms with Crippen LogP contribution in [-0.4, -0.2) is 34.8 Å². The predicted octanol–water partition coefficient (Wildman–Crippen LogP) is 1.88. The van der Waals surface area contributed by atoms with Crippen LogP contribution in [0, 0.1) is 11.3 Å². The molecule has 0 bridgehead atoms. The van der Waals surface area contributed by atoms with Gasteiger partial charge < -0.3 is 10.6 Å². The van der Waals surface area contributed by atoms with Crippen molar-refractivity contribution in [3.05, 3.63) is 5.82 Å². The van der Waals surface area contributed by atoms with E-state index in [0.29, 0.717) is 5.92 Å². The fourth-order valence-corrected chi connectivity index (χ4v) is 3.08. The monoisotopic (exact) mass is 263 g/mol. The molecule has 1 saturated heterocycles. The van der Waals surface area contributed by atoms with Crippen LogP contribution in [0.4, 0.5) is 5.95 Å². The molecule has 0 amide bonds. The Morgan fingerprint density at radius 1 is 1.53 bits per heavy atom. The van der Waals surface area contributed by atoms with Crippen molar-refractivity contribution < 1.29 is 0 Å². The van der Waals surface area contributed by atoms with Crippen LogP contribution in [0.5, 0.6) is 0 Å². The highest BCUT2D eigenvalue weighted by molar-refractivity contribution is 5.31. The first kappa shape index (κ1) is 12.9. The third kappa shape index (κ3) is 2.61. The zero-order valence-corrected chi connectivity index (χ0v) is 12.0. The molecule has 1 aliphatic heterocycles. The van der Waals surface area contributed by atoms with Crippen LogP contribution in [0.2, 0.25) is 0 Å². The normalized spacial score (nSPS) is 29.5. The zero-order chi connectivity index (χ0) is 13.5. The number of rotatable bonds is 4. The lowest BCUT2D eigenvalue weighted by Gasteiger charge is -2.39. The quantitative estimate of drug-likeness (QED) is 0.870. The predicted molar refractivity (Wildman–Crippen MR) is 76.1 cm³/mol. The molecule has 2 fully saturated rings. The zero-order valence-electron chi connectivity index (χ0n) is 12.0. The van der Waals surface area contributed by atoms with Gasteiger partial charge in [0.1, 0.15) is 5.82 Å². The number of nitrogens with two attached hydrogens (primary N) is 1. The molecule has 0 spiro atoms. The molecule has 2 atom stereocenters. The van der Waals surface area contributed by atoms with E-state index in [2.05, 4.69) is 28.9 Å². The topological polar surface area (TPSA) is 70.8 Å². The van der Waals surface area contributed by atoms with Gasteiger partial charge in [0.15, 0.2) is 0 Å². The first-order valence-corrected chi connectivity index (χ1v) is 7.49. The van der Waals surface area contributed by atoms with E-state index in [0.717, 1.165) is 37.3 Å². The van der Waals surface area contributed by atoms with Crippen molar-refractivity contribution in [2.24, 2.45) is 17.1 Å². The molecule has 2 unspecified atom stereocenters. The summed E-state index contributed by atoms with van der Waals surface area (Å²) in [6, 6.07) is 0. The molecule has 5 nitrogen and oxygen atoms in total. The minimum Gasteiger partial charge on any atom is -0.339 e. The van der Waals surface area contributed by atoms with E-state index in [1.54, 1.807) is 0 Å². The molecule has 1 aromatic rings. The smallest absolute Gasteiger partial charge is 0.244 e. The Balaban J connectivity index is 1.71. The van der Waals surface area contributed by atoms with E-state index >= 15 is 0 Å². The minimum atomic E-state index is 0.209. The fraction of sp³-hybridized carbons (Fsp3) is 0.857. The Morgan fingerprint density at radius 2 is 2.32 bits per heavy atom. The van der Waals surface area contributed by atoms with E-state index in [9.17, 15) is 0 Å². The lowest BCUT2D eigenvalue weighted by molar-refractivity contribution is 0.270. The van der Waals surface area contributed by atoms with Gasteiger partial charge in [-0.25, -0.2) is 0 Å². The number of hydrogen-bond donors (Lipinski definition) is 2. The van der Waals surface area contributed by atoms with Crippen molar-refractivity contribution in [3.63, 3.8) is 0 Å². The van der Waals surface area contributed by atoms with Crippen LogP contribution in [0.1, 0.15) is 51.3 Å². The van der Waals surface area contributed by atoms with Crippen LogP contribution in [-0.2, 0) is 0 Å². The Bertz CT molecular complexity index is 439. The second kappa shape index (κ2) is 4.78. The van der Waals surface area contributed by atoms with Crippen molar-refractivity contribution in [2.45, 2.75) is 45.4 Å². The molecular formula is C14H25N5. The molecular weight excluding hydrogens is 238 g/mol. The summed E-state index contributed by atoms with van der Waals surface area (Å²) in [5.74, 6) is 3.25. The van der Waals surface area contributed by atoms with E-state index in [1.807, 2.05) is 0 Å². The first-order valence-electron chi connectivity index (χ1n) is 7.49. The molecule has 2 heterocycles. The average molecular weight is 263 g/mol. The van der Waals surface area contributed by atoms with E-state index < -0.39 is 0 Å². The maximum Gasteiger partial charge on any atom is 0.244 e. The Morgan fingerprint density at radius 3 is 3.00 bits per heavy atom. The second-order valence-corrected chi connectivity index (χ2v) is 6.69. The summed E-state index contributed by atoms with van der Waals surface area (Å²) in [4.78, 5) is 7.00. The Kier molecular flexibility index (Phi) is 3.25.